The molecule has 1 aliphatic heterocycles. The van der Waals surface area contributed by atoms with E-state index in [1.807, 2.05) is 18.2 Å². The lowest BCUT2D eigenvalue weighted by atomic mass is 10.3. The van der Waals surface area contributed by atoms with Crippen LogP contribution in [0, 0.1) is 0 Å². The summed E-state index contributed by atoms with van der Waals surface area (Å²) in [7, 11) is 0. The standard InChI is InChI=1S/C20H21N5/c1-2-8-16-15(7-1)21-19(22-16)13-25-18-10-4-3-9-17(18)23-20(25)14-24-11-5-6-12-24/h1-4,7-10H,5-6,11-14H2,(H,21,22). The number of rotatable bonds is 4. The molecule has 5 heteroatoms. The van der Waals surface area contributed by atoms with Gasteiger partial charge in [-0.15, -0.1) is 0 Å². The third-order valence-electron chi connectivity index (χ3n) is 5.04. The van der Waals surface area contributed by atoms with Crippen LogP contribution in [-0.2, 0) is 13.1 Å². The van der Waals surface area contributed by atoms with Gasteiger partial charge in [0, 0.05) is 0 Å². The highest BCUT2D eigenvalue weighted by Crippen LogP contribution is 2.21. The Morgan fingerprint density at radius 1 is 0.840 bits per heavy atom. The van der Waals surface area contributed by atoms with Crippen molar-refractivity contribution in [2.24, 2.45) is 0 Å². The molecule has 4 aromatic rings. The smallest absolute Gasteiger partial charge is 0.127 e. The van der Waals surface area contributed by atoms with Crippen LogP contribution < -0.4 is 0 Å². The van der Waals surface area contributed by atoms with Crippen LogP contribution >= 0.6 is 0 Å². The van der Waals surface area contributed by atoms with Gasteiger partial charge < -0.3 is 9.55 Å². The summed E-state index contributed by atoms with van der Waals surface area (Å²) in [6.45, 7) is 3.98. The van der Waals surface area contributed by atoms with E-state index in [9.17, 15) is 0 Å². The highest BCUT2D eigenvalue weighted by Gasteiger charge is 2.18. The van der Waals surface area contributed by atoms with E-state index in [-0.39, 0.29) is 0 Å². The van der Waals surface area contributed by atoms with Gasteiger partial charge in [0.2, 0.25) is 0 Å². The number of fused-ring (bicyclic) bond motifs is 2. The van der Waals surface area contributed by atoms with E-state index < -0.39 is 0 Å². The number of hydrogen-bond donors (Lipinski definition) is 1. The molecule has 1 N–H and O–H groups in total. The number of nitrogens with zero attached hydrogens (tertiary/aromatic N) is 4. The van der Waals surface area contributed by atoms with Crippen molar-refractivity contribution in [2.45, 2.75) is 25.9 Å². The Bertz CT molecular complexity index is 990. The second kappa shape index (κ2) is 6.01. The first kappa shape index (κ1) is 14.7. The van der Waals surface area contributed by atoms with Gasteiger partial charge in [-0.05, 0) is 50.2 Å². The van der Waals surface area contributed by atoms with Gasteiger partial charge in [-0.2, -0.15) is 0 Å². The van der Waals surface area contributed by atoms with Gasteiger partial charge in [0.25, 0.3) is 0 Å². The van der Waals surface area contributed by atoms with E-state index >= 15 is 0 Å². The minimum Gasteiger partial charge on any atom is -0.340 e. The molecule has 2 aromatic heterocycles. The fourth-order valence-corrected chi connectivity index (χ4v) is 3.79. The molecule has 0 unspecified atom stereocenters. The molecule has 3 heterocycles. The molecule has 0 amide bonds. The van der Waals surface area contributed by atoms with E-state index in [1.54, 1.807) is 0 Å². The first-order valence-corrected chi connectivity index (χ1v) is 8.97. The average molecular weight is 331 g/mol. The van der Waals surface area contributed by atoms with Crippen LogP contribution in [0.25, 0.3) is 22.1 Å². The molecule has 0 bridgehead atoms. The minimum atomic E-state index is 0.721. The number of benzene rings is 2. The average Bonchev–Trinajstić information content (AvgIpc) is 3.35. The van der Waals surface area contributed by atoms with Crippen LogP contribution in [0.2, 0.25) is 0 Å². The summed E-state index contributed by atoms with van der Waals surface area (Å²) in [6.07, 6.45) is 2.59. The second-order valence-electron chi connectivity index (χ2n) is 6.79. The minimum absolute atomic E-state index is 0.721. The zero-order chi connectivity index (χ0) is 16.6. The maximum absolute atomic E-state index is 4.91. The summed E-state index contributed by atoms with van der Waals surface area (Å²) in [5.41, 5.74) is 4.34. The molecule has 25 heavy (non-hydrogen) atoms. The molecule has 0 saturated carbocycles. The molecule has 126 valence electrons. The van der Waals surface area contributed by atoms with Gasteiger partial charge in [-0.3, -0.25) is 4.90 Å². The first-order valence-electron chi connectivity index (χ1n) is 8.97. The third-order valence-corrected chi connectivity index (χ3v) is 5.04. The molecule has 0 aliphatic carbocycles. The van der Waals surface area contributed by atoms with E-state index in [4.69, 9.17) is 9.97 Å². The predicted octanol–water partition coefficient (Wildman–Crippen LogP) is 3.56. The lowest BCUT2D eigenvalue weighted by molar-refractivity contribution is 0.318. The number of likely N-dealkylation sites (tertiary alicyclic amines) is 1. The van der Waals surface area contributed by atoms with Crippen molar-refractivity contribution >= 4 is 22.1 Å². The van der Waals surface area contributed by atoms with Gasteiger partial charge in [0.1, 0.15) is 11.6 Å². The predicted molar refractivity (Wildman–Crippen MR) is 99.4 cm³/mol. The van der Waals surface area contributed by atoms with Crippen LogP contribution in [0.5, 0.6) is 0 Å². The molecule has 1 fully saturated rings. The van der Waals surface area contributed by atoms with Crippen LogP contribution in [0.4, 0.5) is 0 Å². The van der Waals surface area contributed by atoms with Crippen LogP contribution in [-0.4, -0.2) is 37.5 Å². The van der Waals surface area contributed by atoms with Gasteiger partial charge in [-0.25, -0.2) is 9.97 Å². The summed E-state index contributed by atoms with van der Waals surface area (Å²) >= 11 is 0. The Morgan fingerprint density at radius 3 is 2.44 bits per heavy atom. The molecular weight excluding hydrogens is 310 g/mol. The summed E-state index contributed by atoms with van der Waals surface area (Å²) in [4.78, 5) is 15.6. The first-order chi connectivity index (χ1) is 12.4. The molecule has 5 rings (SSSR count). The second-order valence-corrected chi connectivity index (χ2v) is 6.79. The zero-order valence-corrected chi connectivity index (χ0v) is 14.2. The van der Waals surface area contributed by atoms with Crippen molar-refractivity contribution in [3.05, 3.63) is 60.2 Å². The highest BCUT2D eigenvalue weighted by atomic mass is 15.2. The molecule has 5 nitrogen and oxygen atoms in total. The molecule has 0 spiro atoms. The summed E-state index contributed by atoms with van der Waals surface area (Å²) in [6, 6.07) is 16.6. The molecule has 1 aliphatic rings. The fraction of sp³-hybridized carbons (Fsp3) is 0.300. The number of nitrogens with one attached hydrogen (secondary N) is 1. The zero-order valence-electron chi connectivity index (χ0n) is 14.2. The summed E-state index contributed by atoms with van der Waals surface area (Å²) in [5.74, 6) is 2.11. The van der Waals surface area contributed by atoms with Crippen molar-refractivity contribution in [1.82, 2.24) is 24.4 Å². The Labute approximate surface area is 146 Å². The van der Waals surface area contributed by atoms with E-state index in [1.165, 1.54) is 31.4 Å². The Kier molecular flexibility index (Phi) is 3.52. The molecule has 0 atom stereocenters. The number of aromatic nitrogens is 4. The van der Waals surface area contributed by atoms with Gasteiger partial charge >= 0.3 is 0 Å². The van der Waals surface area contributed by atoms with Crippen LogP contribution in [0.3, 0.4) is 0 Å². The van der Waals surface area contributed by atoms with Crippen molar-refractivity contribution < 1.29 is 0 Å². The number of H-pyrrole nitrogens is 1. The Morgan fingerprint density at radius 2 is 1.60 bits per heavy atom. The van der Waals surface area contributed by atoms with Crippen molar-refractivity contribution in [3.63, 3.8) is 0 Å². The summed E-state index contributed by atoms with van der Waals surface area (Å²) in [5, 5.41) is 0. The monoisotopic (exact) mass is 331 g/mol. The van der Waals surface area contributed by atoms with Crippen molar-refractivity contribution in [1.29, 1.82) is 0 Å². The van der Waals surface area contributed by atoms with E-state index in [0.29, 0.717) is 0 Å². The largest absolute Gasteiger partial charge is 0.340 e. The van der Waals surface area contributed by atoms with Crippen molar-refractivity contribution in [2.75, 3.05) is 13.1 Å². The summed E-state index contributed by atoms with van der Waals surface area (Å²) < 4.78 is 2.31. The lowest BCUT2D eigenvalue weighted by Gasteiger charge is -2.15. The maximum atomic E-state index is 4.91. The van der Waals surface area contributed by atoms with Crippen LogP contribution in [0.1, 0.15) is 24.5 Å². The quantitative estimate of drug-likeness (QED) is 0.622. The lowest BCUT2D eigenvalue weighted by Crippen LogP contribution is -2.21. The number of hydrogen-bond acceptors (Lipinski definition) is 3. The van der Waals surface area contributed by atoms with Gasteiger partial charge in [0.05, 0.1) is 35.2 Å². The molecule has 0 radical (unpaired) electrons. The number of para-hydroxylation sites is 4. The third kappa shape index (κ3) is 2.70. The van der Waals surface area contributed by atoms with Gasteiger partial charge in [0.15, 0.2) is 0 Å². The maximum Gasteiger partial charge on any atom is 0.127 e. The van der Waals surface area contributed by atoms with Crippen LogP contribution in [0.15, 0.2) is 48.5 Å². The molecule has 2 aromatic carbocycles. The molecular formula is C20H21N5. The Balaban J connectivity index is 1.55. The molecule has 1 saturated heterocycles. The topological polar surface area (TPSA) is 49.7 Å². The Hall–Kier alpha value is -2.66. The van der Waals surface area contributed by atoms with E-state index in [2.05, 4.69) is 44.8 Å². The SMILES string of the molecule is c1ccc2[nH]c(Cn3c(CN4CCCC4)nc4ccccc43)nc2c1. The van der Waals surface area contributed by atoms with E-state index in [0.717, 1.165) is 41.3 Å². The van der Waals surface area contributed by atoms with Crippen molar-refractivity contribution in [3.8, 4) is 0 Å². The number of imidazole rings is 2. The fourth-order valence-electron chi connectivity index (χ4n) is 3.79. The van der Waals surface area contributed by atoms with Gasteiger partial charge in [-0.1, -0.05) is 24.3 Å². The normalized spacial score (nSPS) is 15.5. The highest BCUT2D eigenvalue weighted by molar-refractivity contribution is 5.77. The number of aromatic amines is 1.